The first-order chi connectivity index (χ1) is 7.56. The average molecular weight is 231 g/mol. The molecule has 3 nitrogen and oxygen atoms in total. The van der Waals surface area contributed by atoms with E-state index in [2.05, 4.69) is 13.8 Å². The van der Waals surface area contributed by atoms with Crippen molar-refractivity contribution in [3.63, 3.8) is 0 Å². The number of hydrogen-bond acceptors (Lipinski definition) is 3. The van der Waals surface area contributed by atoms with Crippen LogP contribution in [0.2, 0.25) is 0 Å². The molecule has 0 aliphatic rings. The topological polar surface area (TPSA) is 27.7 Å². The van der Waals surface area contributed by atoms with Crippen LogP contribution in [0.5, 0.6) is 0 Å². The van der Waals surface area contributed by atoms with Crippen LogP contribution >= 0.6 is 0 Å². The van der Waals surface area contributed by atoms with Crippen molar-refractivity contribution in [2.24, 2.45) is 0 Å². The first kappa shape index (κ1) is 15.9. The van der Waals surface area contributed by atoms with E-state index in [1.54, 1.807) is 0 Å². The van der Waals surface area contributed by atoms with Crippen LogP contribution in [-0.2, 0) is 14.2 Å². The molecule has 0 heterocycles. The third-order valence-corrected chi connectivity index (χ3v) is 2.07. The summed E-state index contributed by atoms with van der Waals surface area (Å²) in [6, 6.07) is 0. The molecule has 0 saturated carbocycles. The normalized spacial score (nSPS) is 15.4. The van der Waals surface area contributed by atoms with E-state index in [1.165, 1.54) is 6.42 Å². The summed E-state index contributed by atoms with van der Waals surface area (Å²) in [5.74, 6) is 0. The summed E-state index contributed by atoms with van der Waals surface area (Å²) < 4.78 is 16.6. The lowest BCUT2D eigenvalue weighted by Crippen LogP contribution is -2.26. The molecular weight excluding hydrogens is 204 g/mol. The van der Waals surface area contributed by atoms with Gasteiger partial charge in [0.25, 0.3) is 0 Å². The lowest BCUT2D eigenvalue weighted by molar-refractivity contribution is -0.0766. The maximum Gasteiger partial charge on any atom is 0.0785 e. The fourth-order valence-corrected chi connectivity index (χ4v) is 1.27. The highest BCUT2D eigenvalue weighted by atomic mass is 16.6. The smallest absolute Gasteiger partial charge is 0.0785 e. The zero-order valence-electron chi connectivity index (χ0n) is 11.2. The van der Waals surface area contributed by atoms with E-state index in [0.717, 1.165) is 13.0 Å². The van der Waals surface area contributed by atoms with Gasteiger partial charge in [-0.05, 0) is 34.1 Å². The minimum Gasteiger partial charge on any atom is -0.379 e. The predicted molar refractivity (Wildman–Crippen MR) is 66.5 cm³/mol. The Hall–Kier alpha value is -0.120. The highest BCUT2D eigenvalue weighted by Crippen LogP contribution is 2.02. The molecule has 1 radical (unpaired) electrons. The number of rotatable bonds is 10. The van der Waals surface area contributed by atoms with Crippen LogP contribution in [0.3, 0.4) is 0 Å². The van der Waals surface area contributed by atoms with E-state index in [-0.39, 0.29) is 18.3 Å². The molecule has 0 bridgehead atoms. The summed E-state index contributed by atoms with van der Waals surface area (Å²) in [4.78, 5) is 0. The van der Waals surface area contributed by atoms with Gasteiger partial charge in [0.1, 0.15) is 0 Å². The summed E-state index contributed by atoms with van der Waals surface area (Å²) in [5, 5.41) is 0. The minimum atomic E-state index is 0.0159. The van der Waals surface area contributed by atoms with Crippen LogP contribution in [0.15, 0.2) is 0 Å². The summed E-state index contributed by atoms with van der Waals surface area (Å²) >= 11 is 0. The molecule has 0 amide bonds. The van der Waals surface area contributed by atoms with Crippen molar-refractivity contribution in [2.75, 3.05) is 19.8 Å². The number of ether oxygens (including phenoxy) is 3. The van der Waals surface area contributed by atoms with Gasteiger partial charge < -0.3 is 14.2 Å². The number of unbranched alkanes of at least 4 members (excludes halogenated alkanes) is 1. The SMILES string of the molecule is [CH2]C(C)OCC(C)OC(C)COCCCC. The van der Waals surface area contributed by atoms with Crippen molar-refractivity contribution < 1.29 is 14.2 Å². The molecule has 0 fully saturated rings. The quantitative estimate of drug-likeness (QED) is 0.541. The Bertz CT molecular complexity index is 148. The van der Waals surface area contributed by atoms with Gasteiger partial charge in [-0.1, -0.05) is 13.3 Å². The Morgan fingerprint density at radius 2 is 1.69 bits per heavy atom. The van der Waals surface area contributed by atoms with Gasteiger partial charge in [-0.2, -0.15) is 0 Å². The van der Waals surface area contributed by atoms with Crippen molar-refractivity contribution in [3.8, 4) is 0 Å². The van der Waals surface area contributed by atoms with Crippen LogP contribution in [-0.4, -0.2) is 38.1 Å². The molecule has 0 saturated heterocycles. The molecule has 0 N–H and O–H groups in total. The van der Waals surface area contributed by atoms with Gasteiger partial charge in [-0.15, -0.1) is 0 Å². The highest BCUT2D eigenvalue weighted by molar-refractivity contribution is 4.57. The van der Waals surface area contributed by atoms with Gasteiger partial charge in [-0.25, -0.2) is 0 Å². The Labute approximate surface area is 100 Å². The van der Waals surface area contributed by atoms with Crippen LogP contribution in [0, 0.1) is 6.92 Å². The van der Waals surface area contributed by atoms with Crippen LogP contribution in [0.1, 0.15) is 40.5 Å². The maximum absolute atomic E-state index is 5.70. The Morgan fingerprint density at radius 3 is 2.25 bits per heavy atom. The van der Waals surface area contributed by atoms with Gasteiger partial charge in [0, 0.05) is 6.61 Å². The van der Waals surface area contributed by atoms with Gasteiger partial charge in [0.2, 0.25) is 0 Å². The molecule has 0 rings (SSSR count). The molecule has 0 aromatic carbocycles. The molecule has 0 aliphatic carbocycles. The van der Waals surface area contributed by atoms with E-state index >= 15 is 0 Å². The fraction of sp³-hybridized carbons (Fsp3) is 0.923. The third-order valence-electron chi connectivity index (χ3n) is 2.07. The van der Waals surface area contributed by atoms with Gasteiger partial charge in [0.05, 0.1) is 31.5 Å². The van der Waals surface area contributed by atoms with Crippen molar-refractivity contribution in [3.05, 3.63) is 6.92 Å². The third kappa shape index (κ3) is 10.4. The summed E-state index contributed by atoms with van der Waals surface area (Å²) in [6.45, 7) is 13.9. The summed E-state index contributed by atoms with van der Waals surface area (Å²) in [6.07, 6.45) is 2.51. The van der Waals surface area contributed by atoms with Crippen LogP contribution < -0.4 is 0 Å². The molecule has 0 aliphatic heterocycles. The van der Waals surface area contributed by atoms with Crippen LogP contribution in [0.4, 0.5) is 0 Å². The van der Waals surface area contributed by atoms with E-state index in [4.69, 9.17) is 14.2 Å². The Balaban J connectivity index is 3.42. The lowest BCUT2D eigenvalue weighted by atomic mass is 10.3. The molecular formula is C13H27O3. The molecule has 0 spiro atoms. The average Bonchev–Trinajstić information content (AvgIpc) is 2.21. The molecule has 0 aromatic heterocycles. The fourth-order valence-electron chi connectivity index (χ4n) is 1.27. The molecule has 3 unspecified atom stereocenters. The van der Waals surface area contributed by atoms with Crippen LogP contribution in [0.25, 0.3) is 0 Å². The Kier molecular flexibility index (Phi) is 9.99. The monoisotopic (exact) mass is 231 g/mol. The van der Waals surface area contributed by atoms with Gasteiger partial charge in [-0.3, -0.25) is 0 Å². The summed E-state index contributed by atoms with van der Waals surface area (Å²) in [7, 11) is 0. The van der Waals surface area contributed by atoms with Crippen molar-refractivity contribution in [1.82, 2.24) is 0 Å². The van der Waals surface area contributed by atoms with E-state index in [1.807, 2.05) is 20.8 Å². The summed E-state index contributed by atoms with van der Waals surface area (Å²) in [5.41, 5.74) is 0. The molecule has 3 atom stereocenters. The van der Waals surface area contributed by atoms with E-state index in [0.29, 0.717) is 13.2 Å². The van der Waals surface area contributed by atoms with Crippen molar-refractivity contribution >= 4 is 0 Å². The molecule has 97 valence electrons. The number of hydrogen-bond donors (Lipinski definition) is 0. The van der Waals surface area contributed by atoms with Crippen molar-refractivity contribution in [1.29, 1.82) is 0 Å². The Morgan fingerprint density at radius 1 is 1.06 bits per heavy atom. The zero-order valence-corrected chi connectivity index (χ0v) is 11.2. The van der Waals surface area contributed by atoms with Gasteiger partial charge >= 0.3 is 0 Å². The maximum atomic E-state index is 5.70. The molecule has 16 heavy (non-hydrogen) atoms. The lowest BCUT2D eigenvalue weighted by Gasteiger charge is -2.20. The second-order valence-corrected chi connectivity index (χ2v) is 4.33. The van der Waals surface area contributed by atoms with E-state index in [9.17, 15) is 0 Å². The second-order valence-electron chi connectivity index (χ2n) is 4.33. The molecule has 0 aromatic rings. The second kappa shape index (κ2) is 10.1. The minimum absolute atomic E-state index is 0.0159. The zero-order chi connectivity index (χ0) is 12.4. The van der Waals surface area contributed by atoms with E-state index < -0.39 is 0 Å². The highest BCUT2D eigenvalue weighted by Gasteiger charge is 2.09. The largest absolute Gasteiger partial charge is 0.379 e. The molecule has 3 heteroatoms. The van der Waals surface area contributed by atoms with Crippen molar-refractivity contribution in [2.45, 2.75) is 58.8 Å². The standard InChI is InChI=1S/C13H27O3/c1-6-7-8-14-9-12(4)16-13(5)10-15-11(2)3/h11-13H,2,6-10H2,1,3-5H3. The first-order valence-corrected chi connectivity index (χ1v) is 6.24. The van der Waals surface area contributed by atoms with Gasteiger partial charge in [0.15, 0.2) is 0 Å². The first-order valence-electron chi connectivity index (χ1n) is 6.24. The predicted octanol–water partition coefficient (Wildman–Crippen LogP) is 2.84.